The molecule has 5 rings (SSSR count). The number of anilines is 4. The number of likely N-dealkylation sites (N-methyl/N-ethyl adjacent to an activating group) is 1. The fraction of sp³-hybridized carbons (Fsp3) is 0.556. The molecule has 0 spiro atoms. The molecule has 37 heavy (non-hydrogen) atoms. The standard InChI is InChI=1S/C27H37N7O3/c1-17-27(36)33(3)22-16-28-24(14-21(22)34(17)20-7-5-6-8-20)31-25-23(37-4)13-18(15-29-25)26(35)30-19-9-11-32(2)12-10-19/h13-17,19-20H,5-12H2,1-4H3,(H,30,35)(H,28,29,31). The molecule has 0 radical (unpaired) electrons. The van der Waals surface area contributed by atoms with Gasteiger partial charge in [-0.05, 0) is 58.8 Å². The number of ether oxygens (including phenoxy) is 1. The molecule has 1 saturated heterocycles. The van der Waals surface area contributed by atoms with Gasteiger partial charge in [-0.15, -0.1) is 0 Å². The van der Waals surface area contributed by atoms with Crippen molar-refractivity contribution < 1.29 is 14.3 Å². The van der Waals surface area contributed by atoms with Crippen molar-refractivity contribution in [3.05, 3.63) is 30.1 Å². The largest absolute Gasteiger partial charge is 0.493 e. The van der Waals surface area contributed by atoms with Crippen LogP contribution < -0.4 is 25.2 Å². The Balaban J connectivity index is 1.36. The molecule has 0 bridgehead atoms. The SMILES string of the molecule is COc1cc(C(=O)NC2CCN(C)CC2)cnc1Nc1cc2c(cn1)N(C)C(=O)C(C)N2C1CCCC1. The van der Waals surface area contributed by atoms with E-state index in [1.807, 2.05) is 13.0 Å². The Hall–Kier alpha value is -3.40. The van der Waals surface area contributed by atoms with Gasteiger partial charge in [0.05, 0.1) is 30.2 Å². The van der Waals surface area contributed by atoms with Gasteiger partial charge in [-0.25, -0.2) is 9.97 Å². The fourth-order valence-corrected chi connectivity index (χ4v) is 5.75. The van der Waals surface area contributed by atoms with E-state index in [0.29, 0.717) is 29.0 Å². The maximum absolute atomic E-state index is 12.9. The van der Waals surface area contributed by atoms with E-state index in [0.717, 1.165) is 50.1 Å². The summed E-state index contributed by atoms with van der Waals surface area (Å²) in [5.41, 5.74) is 2.26. The number of methoxy groups -OCH3 is 1. The second-order valence-electron chi connectivity index (χ2n) is 10.4. The molecular weight excluding hydrogens is 470 g/mol. The summed E-state index contributed by atoms with van der Waals surface area (Å²) in [5, 5.41) is 6.39. The summed E-state index contributed by atoms with van der Waals surface area (Å²) in [5.74, 6) is 1.48. The maximum Gasteiger partial charge on any atom is 0.253 e. The molecule has 2 aliphatic heterocycles. The molecule has 2 aromatic heterocycles. The number of nitrogens with one attached hydrogen (secondary N) is 2. The van der Waals surface area contributed by atoms with Gasteiger partial charge in [-0.1, -0.05) is 12.8 Å². The van der Waals surface area contributed by atoms with Crippen LogP contribution in [0.25, 0.3) is 0 Å². The summed E-state index contributed by atoms with van der Waals surface area (Å²) in [7, 11) is 5.46. The molecule has 2 aromatic rings. The van der Waals surface area contributed by atoms with Crippen molar-refractivity contribution in [2.45, 2.75) is 63.6 Å². The van der Waals surface area contributed by atoms with Gasteiger partial charge in [0, 0.05) is 31.4 Å². The number of carbonyl (C=O) groups excluding carboxylic acids is 2. The summed E-state index contributed by atoms with van der Waals surface area (Å²) < 4.78 is 5.57. The number of pyridine rings is 2. The van der Waals surface area contributed by atoms with Crippen LogP contribution >= 0.6 is 0 Å². The summed E-state index contributed by atoms with van der Waals surface area (Å²) in [4.78, 5) is 41.1. The first-order chi connectivity index (χ1) is 17.9. The lowest BCUT2D eigenvalue weighted by molar-refractivity contribution is -0.119. The Morgan fingerprint density at radius 1 is 1.03 bits per heavy atom. The van der Waals surface area contributed by atoms with E-state index in [1.54, 1.807) is 37.5 Å². The van der Waals surface area contributed by atoms with Gasteiger partial charge in [0.2, 0.25) is 5.91 Å². The number of hydrogen-bond donors (Lipinski definition) is 2. The van der Waals surface area contributed by atoms with Crippen molar-refractivity contribution >= 4 is 34.8 Å². The molecule has 1 atom stereocenters. The lowest BCUT2D eigenvalue weighted by Crippen LogP contribution is -2.54. The van der Waals surface area contributed by atoms with Crippen molar-refractivity contribution in [1.82, 2.24) is 20.2 Å². The summed E-state index contributed by atoms with van der Waals surface area (Å²) in [6.07, 6.45) is 9.71. The van der Waals surface area contributed by atoms with Crippen LogP contribution in [0.4, 0.5) is 23.0 Å². The minimum atomic E-state index is -0.231. The Morgan fingerprint density at radius 3 is 2.46 bits per heavy atom. The zero-order chi connectivity index (χ0) is 26.1. The number of hydrogen-bond acceptors (Lipinski definition) is 8. The predicted molar refractivity (Wildman–Crippen MR) is 144 cm³/mol. The number of amides is 2. The van der Waals surface area contributed by atoms with E-state index in [-0.39, 0.29) is 23.9 Å². The molecule has 1 unspecified atom stereocenters. The van der Waals surface area contributed by atoms with Crippen LogP contribution in [0.5, 0.6) is 5.75 Å². The fourth-order valence-electron chi connectivity index (χ4n) is 5.75. The molecule has 3 aliphatic rings. The molecule has 2 amide bonds. The number of piperidine rings is 1. The van der Waals surface area contributed by atoms with Crippen LogP contribution in [0.1, 0.15) is 55.8 Å². The molecule has 2 fully saturated rings. The topological polar surface area (TPSA) is 103 Å². The highest BCUT2D eigenvalue weighted by Gasteiger charge is 2.38. The Morgan fingerprint density at radius 2 is 1.76 bits per heavy atom. The number of carbonyl (C=O) groups is 2. The molecule has 1 aliphatic carbocycles. The Kier molecular flexibility index (Phi) is 7.19. The van der Waals surface area contributed by atoms with E-state index in [4.69, 9.17) is 4.74 Å². The first-order valence-corrected chi connectivity index (χ1v) is 13.2. The van der Waals surface area contributed by atoms with Crippen molar-refractivity contribution in [2.75, 3.05) is 49.4 Å². The van der Waals surface area contributed by atoms with Crippen LogP contribution in [0.2, 0.25) is 0 Å². The van der Waals surface area contributed by atoms with Gasteiger partial charge in [-0.3, -0.25) is 9.59 Å². The third-order valence-corrected chi connectivity index (χ3v) is 7.96. The molecule has 10 heteroatoms. The molecule has 198 valence electrons. The van der Waals surface area contributed by atoms with Crippen molar-refractivity contribution in [1.29, 1.82) is 0 Å². The molecule has 1 saturated carbocycles. The summed E-state index contributed by atoms with van der Waals surface area (Å²) >= 11 is 0. The number of fused-ring (bicyclic) bond motifs is 1. The number of rotatable bonds is 6. The number of nitrogens with zero attached hydrogens (tertiary/aromatic N) is 5. The minimum absolute atomic E-state index is 0.0827. The first kappa shape index (κ1) is 25.3. The van der Waals surface area contributed by atoms with Crippen LogP contribution in [0, 0.1) is 0 Å². The number of likely N-dealkylation sites (tertiary alicyclic amines) is 1. The zero-order valence-corrected chi connectivity index (χ0v) is 22.2. The van der Waals surface area contributed by atoms with Gasteiger partial charge < -0.3 is 30.1 Å². The van der Waals surface area contributed by atoms with E-state index >= 15 is 0 Å². The van der Waals surface area contributed by atoms with Crippen molar-refractivity contribution in [3.63, 3.8) is 0 Å². The highest BCUT2D eigenvalue weighted by molar-refractivity contribution is 6.05. The van der Waals surface area contributed by atoms with Crippen LogP contribution in [0.3, 0.4) is 0 Å². The van der Waals surface area contributed by atoms with Crippen LogP contribution in [-0.2, 0) is 4.79 Å². The van der Waals surface area contributed by atoms with Gasteiger partial charge in [0.15, 0.2) is 11.6 Å². The molecule has 0 aromatic carbocycles. The first-order valence-electron chi connectivity index (χ1n) is 13.2. The smallest absolute Gasteiger partial charge is 0.253 e. The lowest BCUT2D eigenvalue weighted by Gasteiger charge is -2.43. The maximum atomic E-state index is 12.9. The molecule has 4 heterocycles. The monoisotopic (exact) mass is 507 g/mol. The van der Waals surface area contributed by atoms with Crippen LogP contribution in [-0.4, -0.2) is 79.1 Å². The third kappa shape index (κ3) is 5.07. The van der Waals surface area contributed by atoms with E-state index in [1.165, 1.54) is 12.8 Å². The zero-order valence-electron chi connectivity index (χ0n) is 22.2. The summed E-state index contributed by atoms with van der Waals surface area (Å²) in [6, 6.07) is 3.97. The van der Waals surface area contributed by atoms with Gasteiger partial charge in [-0.2, -0.15) is 0 Å². The average molecular weight is 508 g/mol. The second kappa shape index (κ2) is 10.5. The lowest BCUT2D eigenvalue weighted by atomic mass is 10.0. The predicted octanol–water partition coefficient (Wildman–Crippen LogP) is 3.17. The van der Waals surface area contributed by atoms with Gasteiger partial charge in [0.1, 0.15) is 11.9 Å². The van der Waals surface area contributed by atoms with Crippen LogP contribution in [0.15, 0.2) is 24.5 Å². The second-order valence-corrected chi connectivity index (χ2v) is 10.4. The minimum Gasteiger partial charge on any atom is -0.493 e. The number of aromatic nitrogens is 2. The average Bonchev–Trinajstić information content (AvgIpc) is 3.43. The highest BCUT2D eigenvalue weighted by atomic mass is 16.5. The normalized spacial score (nSPS) is 21.2. The van der Waals surface area contributed by atoms with Crippen molar-refractivity contribution in [3.8, 4) is 5.75 Å². The van der Waals surface area contributed by atoms with E-state index in [2.05, 4.69) is 37.4 Å². The van der Waals surface area contributed by atoms with Gasteiger partial charge >= 0.3 is 0 Å². The van der Waals surface area contributed by atoms with Gasteiger partial charge in [0.25, 0.3) is 5.91 Å². The molecule has 2 N–H and O–H groups in total. The quantitative estimate of drug-likeness (QED) is 0.615. The van der Waals surface area contributed by atoms with E-state index < -0.39 is 0 Å². The highest BCUT2D eigenvalue weighted by Crippen LogP contribution is 2.41. The van der Waals surface area contributed by atoms with Crippen molar-refractivity contribution in [2.24, 2.45) is 0 Å². The Labute approximate surface area is 218 Å². The molecule has 10 nitrogen and oxygen atoms in total. The Bertz CT molecular complexity index is 1160. The molecular formula is C27H37N7O3. The summed E-state index contributed by atoms with van der Waals surface area (Å²) in [6.45, 7) is 3.93. The van der Waals surface area contributed by atoms with E-state index in [9.17, 15) is 9.59 Å². The third-order valence-electron chi connectivity index (χ3n) is 7.96.